The van der Waals surface area contributed by atoms with Crippen molar-refractivity contribution in [3.05, 3.63) is 23.8 Å². The number of amides is 1. The maximum absolute atomic E-state index is 12.9. The van der Waals surface area contributed by atoms with Crippen LogP contribution in [0.25, 0.3) is 0 Å². The van der Waals surface area contributed by atoms with Crippen LogP contribution in [0.15, 0.2) is 18.2 Å². The molecule has 142 valence electrons. The second-order valence-electron chi connectivity index (χ2n) is 8.13. The van der Waals surface area contributed by atoms with Gasteiger partial charge >= 0.3 is 0 Å². The van der Waals surface area contributed by atoms with Crippen molar-refractivity contribution in [1.82, 2.24) is 9.80 Å². The lowest BCUT2D eigenvalue weighted by molar-refractivity contribution is -0.141. The number of benzene rings is 1. The van der Waals surface area contributed by atoms with E-state index in [4.69, 9.17) is 9.47 Å². The van der Waals surface area contributed by atoms with Gasteiger partial charge in [0.2, 0.25) is 5.91 Å². The minimum atomic E-state index is 0.168. The molecule has 0 radical (unpaired) electrons. The first kappa shape index (κ1) is 17.7. The van der Waals surface area contributed by atoms with Gasteiger partial charge in [-0.1, -0.05) is 6.42 Å². The number of carbonyl (C=O) groups is 1. The van der Waals surface area contributed by atoms with Crippen LogP contribution >= 0.6 is 0 Å². The Morgan fingerprint density at radius 3 is 2.35 bits per heavy atom. The quantitative estimate of drug-likeness (QED) is 0.784. The highest BCUT2D eigenvalue weighted by Gasteiger charge is 2.41. The van der Waals surface area contributed by atoms with Gasteiger partial charge in [-0.05, 0) is 49.3 Å². The zero-order valence-electron chi connectivity index (χ0n) is 15.9. The van der Waals surface area contributed by atoms with E-state index in [1.807, 2.05) is 6.07 Å². The summed E-state index contributed by atoms with van der Waals surface area (Å²) in [6.07, 6.45) is 6.14. The monoisotopic (exact) mass is 358 g/mol. The number of hydrogen-bond acceptors (Lipinski definition) is 4. The van der Waals surface area contributed by atoms with Gasteiger partial charge in [0.15, 0.2) is 0 Å². The molecule has 1 saturated carbocycles. The van der Waals surface area contributed by atoms with E-state index < -0.39 is 0 Å². The van der Waals surface area contributed by atoms with Crippen LogP contribution in [-0.2, 0) is 11.3 Å². The lowest BCUT2D eigenvalue weighted by atomic mass is 9.83. The Morgan fingerprint density at radius 1 is 1.00 bits per heavy atom. The zero-order chi connectivity index (χ0) is 18.1. The highest BCUT2D eigenvalue weighted by molar-refractivity contribution is 5.80. The zero-order valence-corrected chi connectivity index (χ0v) is 15.9. The molecular weight excluding hydrogens is 328 g/mol. The molecule has 0 unspecified atom stereocenters. The van der Waals surface area contributed by atoms with Crippen molar-refractivity contribution in [3.8, 4) is 11.5 Å². The van der Waals surface area contributed by atoms with Gasteiger partial charge < -0.3 is 14.4 Å². The Morgan fingerprint density at radius 2 is 1.73 bits per heavy atom. The SMILES string of the molecule is COc1cc(CN2C[C@H]3CC[C@@H](C2)N(CC2CCC2)C3=O)cc(OC)c1. The van der Waals surface area contributed by atoms with Crippen LogP contribution in [0.2, 0.25) is 0 Å². The number of fused-ring (bicyclic) bond motifs is 4. The van der Waals surface area contributed by atoms with E-state index in [-0.39, 0.29) is 5.92 Å². The molecule has 0 N–H and O–H groups in total. The van der Waals surface area contributed by atoms with Crippen molar-refractivity contribution in [2.75, 3.05) is 33.9 Å². The second-order valence-corrected chi connectivity index (χ2v) is 8.13. The fourth-order valence-corrected chi connectivity index (χ4v) is 4.67. The van der Waals surface area contributed by atoms with Crippen LogP contribution in [0.5, 0.6) is 11.5 Å². The summed E-state index contributed by atoms with van der Waals surface area (Å²) in [7, 11) is 3.36. The molecule has 4 aliphatic rings. The third-order valence-electron chi connectivity index (χ3n) is 6.37. The molecule has 5 heteroatoms. The van der Waals surface area contributed by atoms with Gasteiger partial charge in [0, 0.05) is 38.3 Å². The van der Waals surface area contributed by atoms with Crippen LogP contribution in [0.3, 0.4) is 0 Å². The van der Waals surface area contributed by atoms with Gasteiger partial charge in [-0.2, -0.15) is 0 Å². The predicted octanol–water partition coefficient (Wildman–Crippen LogP) is 2.93. The van der Waals surface area contributed by atoms with Gasteiger partial charge in [-0.3, -0.25) is 9.69 Å². The summed E-state index contributed by atoms with van der Waals surface area (Å²) in [4.78, 5) is 17.6. The van der Waals surface area contributed by atoms with E-state index in [0.717, 1.165) is 56.4 Å². The van der Waals surface area contributed by atoms with Gasteiger partial charge in [0.05, 0.1) is 20.1 Å². The van der Waals surface area contributed by atoms with Crippen LogP contribution in [0.1, 0.15) is 37.7 Å². The van der Waals surface area contributed by atoms with E-state index in [2.05, 4.69) is 21.9 Å². The molecule has 1 aromatic carbocycles. The normalized spacial score (nSPS) is 26.5. The molecule has 1 aromatic rings. The summed E-state index contributed by atoms with van der Waals surface area (Å²) in [5, 5.41) is 0. The molecule has 3 aliphatic heterocycles. The Labute approximate surface area is 156 Å². The van der Waals surface area contributed by atoms with Gasteiger partial charge in [-0.15, -0.1) is 0 Å². The molecule has 5 rings (SSSR count). The Bertz CT molecular complexity index is 636. The number of nitrogens with zero attached hydrogens (tertiary/aromatic N) is 2. The first-order chi connectivity index (χ1) is 12.7. The third-order valence-corrected chi connectivity index (χ3v) is 6.37. The van der Waals surface area contributed by atoms with Crippen molar-refractivity contribution < 1.29 is 14.3 Å². The van der Waals surface area contributed by atoms with Crippen molar-refractivity contribution in [3.63, 3.8) is 0 Å². The third kappa shape index (κ3) is 3.54. The van der Waals surface area contributed by atoms with Crippen molar-refractivity contribution in [2.24, 2.45) is 11.8 Å². The molecule has 4 fully saturated rings. The van der Waals surface area contributed by atoms with Crippen LogP contribution in [0, 0.1) is 11.8 Å². The van der Waals surface area contributed by atoms with Crippen LogP contribution in [-0.4, -0.2) is 55.6 Å². The Hall–Kier alpha value is -1.75. The summed E-state index contributed by atoms with van der Waals surface area (Å²) in [6.45, 7) is 3.68. The first-order valence-corrected chi connectivity index (χ1v) is 9.91. The highest BCUT2D eigenvalue weighted by atomic mass is 16.5. The largest absolute Gasteiger partial charge is 0.497 e. The Balaban J connectivity index is 1.48. The van der Waals surface area contributed by atoms with E-state index in [0.29, 0.717) is 11.9 Å². The maximum atomic E-state index is 12.9. The number of hydrogen-bond donors (Lipinski definition) is 0. The minimum absolute atomic E-state index is 0.168. The molecule has 2 atom stereocenters. The van der Waals surface area contributed by atoms with Crippen LogP contribution < -0.4 is 9.47 Å². The number of piperidine rings is 1. The molecule has 0 spiro atoms. The van der Waals surface area contributed by atoms with Gasteiger partial charge in [-0.25, -0.2) is 0 Å². The summed E-state index contributed by atoms with van der Waals surface area (Å²) in [5.41, 5.74) is 1.18. The van der Waals surface area contributed by atoms with Crippen molar-refractivity contribution >= 4 is 5.91 Å². The molecule has 3 saturated heterocycles. The summed E-state index contributed by atoms with van der Waals surface area (Å²) in [6, 6.07) is 6.43. The Kier molecular flexibility index (Phi) is 5.07. The van der Waals surface area contributed by atoms with E-state index in [9.17, 15) is 4.79 Å². The van der Waals surface area contributed by atoms with Gasteiger partial charge in [0.1, 0.15) is 11.5 Å². The van der Waals surface area contributed by atoms with Crippen molar-refractivity contribution in [1.29, 1.82) is 0 Å². The molecule has 1 aliphatic carbocycles. The fraction of sp³-hybridized carbons (Fsp3) is 0.667. The smallest absolute Gasteiger partial charge is 0.227 e. The number of carbonyl (C=O) groups excluding carboxylic acids is 1. The number of rotatable bonds is 6. The highest BCUT2D eigenvalue weighted by Crippen LogP contribution is 2.34. The topological polar surface area (TPSA) is 42.0 Å². The predicted molar refractivity (Wildman–Crippen MR) is 100 cm³/mol. The molecule has 3 heterocycles. The van der Waals surface area contributed by atoms with E-state index in [1.165, 1.54) is 24.8 Å². The molecule has 26 heavy (non-hydrogen) atoms. The van der Waals surface area contributed by atoms with E-state index >= 15 is 0 Å². The molecule has 0 aromatic heterocycles. The standard InChI is InChI=1S/C21H30N2O3/c1-25-19-8-16(9-20(10-19)26-2)11-22-13-17-6-7-18(14-22)23(21(17)24)12-15-4-3-5-15/h8-10,15,17-18H,3-7,11-14H2,1-2H3/t17-,18+/m1/s1. The first-order valence-electron chi connectivity index (χ1n) is 9.91. The fourth-order valence-electron chi connectivity index (χ4n) is 4.67. The summed E-state index contributed by atoms with van der Waals surface area (Å²) < 4.78 is 10.8. The maximum Gasteiger partial charge on any atom is 0.227 e. The lowest BCUT2D eigenvalue weighted by Crippen LogP contribution is -2.50. The average molecular weight is 358 g/mol. The summed E-state index contributed by atoms with van der Waals surface area (Å²) >= 11 is 0. The van der Waals surface area contributed by atoms with Crippen LogP contribution in [0.4, 0.5) is 0 Å². The summed E-state index contributed by atoms with van der Waals surface area (Å²) in [5.74, 6) is 2.95. The van der Waals surface area contributed by atoms with Crippen molar-refractivity contribution in [2.45, 2.75) is 44.7 Å². The second kappa shape index (κ2) is 7.47. The van der Waals surface area contributed by atoms with E-state index in [1.54, 1.807) is 14.2 Å². The molecule has 5 nitrogen and oxygen atoms in total. The molecular formula is C21H30N2O3. The number of ether oxygens (including phenoxy) is 2. The lowest BCUT2D eigenvalue weighted by Gasteiger charge is -2.40. The molecule has 2 bridgehead atoms. The van der Waals surface area contributed by atoms with Gasteiger partial charge in [0.25, 0.3) is 0 Å². The molecule has 1 amide bonds. The minimum Gasteiger partial charge on any atom is -0.497 e. The average Bonchev–Trinajstić information content (AvgIpc) is 2.88. The number of methoxy groups -OCH3 is 2.